The predicted octanol–water partition coefficient (Wildman–Crippen LogP) is 5.05. The number of anilines is 1. The largest absolute Gasteiger partial charge is 0.459 e. The average Bonchev–Trinajstić information content (AvgIpc) is 2.60. The molecule has 0 radical (unpaired) electrons. The Kier molecular flexibility index (Phi) is 7.31. The van der Waals surface area contributed by atoms with E-state index in [1.807, 2.05) is 0 Å². The molecule has 1 N–H and O–H groups in total. The SMILES string of the molecule is CC(C)OC(=O)c1cccnc1SCC(=O)Nc1ccc(C(F)(F)F)cc1Cl. The zero-order chi connectivity index (χ0) is 20.9. The quantitative estimate of drug-likeness (QED) is 0.511. The maximum atomic E-state index is 12.7. The molecule has 0 saturated heterocycles. The number of rotatable bonds is 6. The van der Waals surface area contributed by atoms with Gasteiger partial charge in [0.15, 0.2) is 0 Å². The normalized spacial score (nSPS) is 11.4. The number of alkyl halides is 3. The van der Waals surface area contributed by atoms with Crippen molar-refractivity contribution in [3.05, 3.63) is 52.7 Å². The summed E-state index contributed by atoms with van der Waals surface area (Å²) in [5.41, 5.74) is -0.631. The van der Waals surface area contributed by atoms with Gasteiger partial charge in [0.05, 0.1) is 33.7 Å². The molecule has 2 rings (SSSR count). The van der Waals surface area contributed by atoms with Gasteiger partial charge < -0.3 is 10.1 Å². The second-order valence-electron chi connectivity index (χ2n) is 5.84. The van der Waals surface area contributed by atoms with Crippen molar-refractivity contribution in [3.8, 4) is 0 Å². The zero-order valence-electron chi connectivity index (χ0n) is 14.8. The van der Waals surface area contributed by atoms with Gasteiger partial charge in [-0.05, 0) is 44.2 Å². The molecule has 0 spiro atoms. The van der Waals surface area contributed by atoms with E-state index < -0.39 is 23.6 Å². The van der Waals surface area contributed by atoms with Gasteiger partial charge in [-0.1, -0.05) is 23.4 Å². The fourth-order valence-corrected chi connectivity index (χ4v) is 3.06. The number of nitrogens with zero attached hydrogens (tertiary/aromatic N) is 1. The molecule has 0 saturated carbocycles. The summed E-state index contributed by atoms with van der Waals surface area (Å²) >= 11 is 6.81. The summed E-state index contributed by atoms with van der Waals surface area (Å²) in [5, 5.41) is 2.51. The molecule has 1 amide bonds. The van der Waals surface area contributed by atoms with Crippen molar-refractivity contribution >= 4 is 40.9 Å². The number of aromatic nitrogens is 1. The number of esters is 1. The fourth-order valence-electron chi connectivity index (χ4n) is 2.05. The topological polar surface area (TPSA) is 68.3 Å². The Morgan fingerprint density at radius 2 is 2.00 bits per heavy atom. The molecular weight excluding hydrogens is 417 g/mol. The Morgan fingerprint density at radius 3 is 2.61 bits per heavy atom. The van der Waals surface area contributed by atoms with E-state index in [0.717, 1.165) is 30.0 Å². The highest BCUT2D eigenvalue weighted by molar-refractivity contribution is 8.00. The Labute approximate surface area is 168 Å². The molecular formula is C18H16ClF3N2O3S. The van der Waals surface area contributed by atoms with Gasteiger partial charge in [0.25, 0.3) is 0 Å². The number of benzene rings is 1. The number of ether oxygens (including phenoxy) is 1. The van der Waals surface area contributed by atoms with Gasteiger partial charge in [0, 0.05) is 6.20 Å². The molecule has 0 aliphatic heterocycles. The highest BCUT2D eigenvalue weighted by atomic mass is 35.5. The first kappa shape index (κ1) is 22.0. The van der Waals surface area contributed by atoms with Gasteiger partial charge in [-0.2, -0.15) is 13.2 Å². The van der Waals surface area contributed by atoms with E-state index in [-0.39, 0.29) is 28.1 Å². The van der Waals surface area contributed by atoms with Gasteiger partial charge in [0.1, 0.15) is 5.03 Å². The smallest absolute Gasteiger partial charge is 0.416 e. The van der Waals surface area contributed by atoms with Gasteiger partial charge in [-0.3, -0.25) is 4.79 Å². The maximum absolute atomic E-state index is 12.7. The van der Waals surface area contributed by atoms with Crippen LogP contribution in [0.15, 0.2) is 41.6 Å². The van der Waals surface area contributed by atoms with Crippen molar-refractivity contribution in [1.29, 1.82) is 0 Å². The Hall–Kier alpha value is -2.26. The van der Waals surface area contributed by atoms with Crippen LogP contribution in [-0.4, -0.2) is 28.7 Å². The van der Waals surface area contributed by atoms with E-state index in [1.165, 1.54) is 12.3 Å². The maximum Gasteiger partial charge on any atom is 0.416 e. The van der Waals surface area contributed by atoms with Crippen molar-refractivity contribution in [2.45, 2.75) is 31.2 Å². The van der Waals surface area contributed by atoms with Crippen LogP contribution in [0.1, 0.15) is 29.8 Å². The lowest BCUT2D eigenvalue weighted by molar-refractivity contribution is -0.137. The number of hydrogen-bond donors (Lipinski definition) is 1. The number of pyridine rings is 1. The molecule has 1 heterocycles. The van der Waals surface area contributed by atoms with Crippen molar-refractivity contribution < 1.29 is 27.5 Å². The highest BCUT2D eigenvalue weighted by Gasteiger charge is 2.31. The summed E-state index contributed by atoms with van der Waals surface area (Å²) < 4.78 is 43.1. The van der Waals surface area contributed by atoms with E-state index in [0.29, 0.717) is 5.03 Å². The lowest BCUT2D eigenvalue weighted by Gasteiger charge is -2.12. The van der Waals surface area contributed by atoms with Crippen molar-refractivity contribution in [1.82, 2.24) is 4.98 Å². The minimum Gasteiger partial charge on any atom is -0.459 e. The lowest BCUT2D eigenvalue weighted by Crippen LogP contribution is -2.16. The Morgan fingerprint density at radius 1 is 1.29 bits per heavy atom. The minimum absolute atomic E-state index is 0.0562. The van der Waals surface area contributed by atoms with Crippen molar-refractivity contribution in [3.63, 3.8) is 0 Å². The molecule has 0 aliphatic carbocycles. The molecule has 0 atom stereocenters. The van der Waals surface area contributed by atoms with Crippen LogP contribution in [0.4, 0.5) is 18.9 Å². The summed E-state index contributed by atoms with van der Waals surface area (Å²) in [5.74, 6) is -1.20. The first-order valence-corrected chi connectivity index (χ1v) is 9.39. The van der Waals surface area contributed by atoms with Crippen LogP contribution in [0.3, 0.4) is 0 Å². The van der Waals surface area contributed by atoms with Crippen LogP contribution >= 0.6 is 23.4 Å². The van der Waals surface area contributed by atoms with Crippen LogP contribution in [0.25, 0.3) is 0 Å². The van der Waals surface area contributed by atoms with E-state index >= 15 is 0 Å². The second-order valence-corrected chi connectivity index (χ2v) is 7.21. The third-order valence-electron chi connectivity index (χ3n) is 3.24. The van der Waals surface area contributed by atoms with Crippen LogP contribution in [0, 0.1) is 0 Å². The van der Waals surface area contributed by atoms with Crippen LogP contribution in [0.5, 0.6) is 0 Å². The van der Waals surface area contributed by atoms with Crippen LogP contribution in [-0.2, 0) is 15.7 Å². The molecule has 1 aromatic heterocycles. The summed E-state index contributed by atoms with van der Waals surface area (Å²) in [4.78, 5) is 28.3. The standard InChI is InChI=1S/C18H16ClF3N2O3S/c1-10(2)27-17(26)12-4-3-7-23-16(12)28-9-15(25)24-14-6-5-11(8-13(14)19)18(20,21)22/h3-8,10H,9H2,1-2H3,(H,24,25). The summed E-state index contributed by atoms with van der Waals surface area (Å²) in [6.45, 7) is 3.42. The summed E-state index contributed by atoms with van der Waals surface area (Å²) in [6.07, 6.45) is -3.36. The molecule has 0 unspecified atom stereocenters. The molecule has 28 heavy (non-hydrogen) atoms. The molecule has 1 aromatic carbocycles. The molecule has 0 aliphatic rings. The van der Waals surface area contributed by atoms with E-state index in [2.05, 4.69) is 10.3 Å². The van der Waals surface area contributed by atoms with Crippen molar-refractivity contribution in [2.75, 3.05) is 11.1 Å². The van der Waals surface area contributed by atoms with Crippen LogP contribution < -0.4 is 5.32 Å². The third kappa shape index (κ3) is 6.13. The Bertz CT molecular complexity index is 875. The monoisotopic (exact) mass is 432 g/mol. The van der Waals surface area contributed by atoms with Crippen molar-refractivity contribution in [2.24, 2.45) is 0 Å². The average molecular weight is 433 g/mol. The van der Waals surface area contributed by atoms with Gasteiger partial charge in [0.2, 0.25) is 5.91 Å². The number of amides is 1. The van der Waals surface area contributed by atoms with E-state index in [1.54, 1.807) is 19.9 Å². The van der Waals surface area contributed by atoms with Gasteiger partial charge >= 0.3 is 12.1 Å². The fraction of sp³-hybridized carbons (Fsp3) is 0.278. The van der Waals surface area contributed by atoms with Crippen LogP contribution in [0.2, 0.25) is 5.02 Å². The highest BCUT2D eigenvalue weighted by Crippen LogP contribution is 2.33. The number of thioether (sulfide) groups is 1. The summed E-state index contributed by atoms with van der Waals surface area (Å²) in [6, 6.07) is 5.75. The molecule has 150 valence electrons. The molecule has 10 heteroatoms. The molecule has 0 bridgehead atoms. The van der Waals surface area contributed by atoms with E-state index in [4.69, 9.17) is 16.3 Å². The second kappa shape index (κ2) is 9.29. The van der Waals surface area contributed by atoms with Gasteiger partial charge in [-0.15, -0.1) is 0 Å². The number of carbonyl (C=O) groups is 2. The number of carbonyl (C=O) groups excluding carboxylic acids is 2. The third-order valence-corrected chi connectivity index (χ3v) is 4.56. The number of halogens is 4. The zero-order valence-corrected chi connectivity index (χ0v) is 16.4. The molecule has 0 fully saturated rings. The Balaban J connectivity index is 2.03. The van der Waals surface area contributed by atoms with Gasteiger partial charge in [-0.25, -0.2) is 9.78 Å². The molecule has 5 nitrogen and oxygen atoms in total. The first-order valence-electron chi connectivity index (χ1n) is 8.03. The summed E-state index contributed by atoms with van der Waals surface area (Å²) in [7, 11) is 0. The first-order chi connectivity index (χ1) is 13.1. The van der Waals surface area contributed by atoms with E-state index in [9.17, 15) is 22.8 Å². The minimum atomic E-state index is -4.53. The predicted molar refractivity (Wildman–Crippen MR) is 101 cm³/mol. The lowest BCUT2D eigenvalue weighted by atomic mass is 10.2. The molecule has 2 aromatic rings. The number of hydrogen-bond acceptors (Lipinski definition) is 5. The number of nitrogens with one attached hydrogen (secondary N) is 1.